The first-order valence-corrected chi connectivity index (χ1v) is 22.0. The predicted molar refractivity (Wildman–Crippen MR) is 226 cm³/mol. The Kier molecular flexibility index (Phi) is 29.0. The second kappa shape index (κ2) is 32.4. The minimum absolute atomic E-state index is 0.261. The Morgan fingerprint density at radius 1 is 0.627 bits per heavy atom. The summed E-state index contributed by atoms with van der Waals surface area (Å²) >= 11 is 0. The molecule has 0 spiro atoms. The van der Waals surface area contributed by atoms with Crippen molar-refractivity contribution in [3.8, 4) is 0 Å². The lowest BCUT2D eigenvalue weighted by atomic mass is 9.97. The molecule has 0 aliphatic carbocycles. The number of carbonyl (C=O) groups is 1. The first-order valence-electron chi connectivity index (χ1n) is 22.0. The molecule has 2 aliphatic heterocycles. The van der Waals surface area contributed by atoms with E-state index in [2.05, 4.69) is 67.8 Å². The van der Waals surface area contributed by atoms with E-state index in [1.807, 2.05) is 6.08 Å². The monoisotopic (exact) mass is 840 g/mol. The van der Waals surface area contributed by atoms with Gasteiger partial charge in [-0.3, -0.25) is 4.79 Å². The minimum Gasteiger partial charge on any atom is -0.394 e. The molecule has 59 heavy (non-hydrogen) atoms. The number of allylic oxidation sites excluding steroid dienone is 9. The SMILES string of the molecule is CC/C=C\C/C=C\C/C=C\C/C=C\CCCCCCCCC(=O)NC(COC1OC(CO)C(OC2OC(CO)C(O)C(O)C2O)C(O)C1O)C(O)/C=C/CCCCCC. The van der Waals surface area contributed by atoms with Crippen molar-refractivity contribution >= 4 is 5.91 Å². The quantitative estimate of drug-likeness (QED) is 0.0357. The van der Waals surface area contributed by atoms with Crippen LogP contribution in [0.4, 0.5) is 0 Å². The van der Waals surface area contributed by atoms with E-state index in [0.717, 1.165) is 96.3 Å². The Labute approximate surface area is 352 Å². The summed E-state index contributed by atoms with van der Waals surface area (Å²) in [6, 6.07) is -0.920. The van der Waals surface area contributed by atoms with Gasteiger partial charge in [0.2, 0.25) is 5.91 Å². The molecule has 0 bridgehead atoms. The van der Waals surface area contributed by atoms with Crippen molar-refractivity contribution in [3.05, 3.63) is 60.8 Å². The van der Waals surface area contributed by atoms with Gasteiger partial charge < -0.3 is 65.1 Å². The highest BCUT2D eigenvalue weighted by molar-refractivity contribution is 5.76. The molecular weight excluding hydrogens is 762 g/mol. The predicted octanol–water partition coefficient (Wildman–Crippen LogP) is 3.93. The van der Waals surface area contributed by atoms with Crippen LogP contribution in [-0.4, -0.2) is 140 Å². The van der Waals surface area contributed by atoms with Gasteiger partial charge in [0.25, 0.3) is 0 Å². The summed E-state index contributed by atoms with van der Waals surface area (Å²) in [7, 11) is 0. The number of aliphatic hydroxyl groups excluding tert-OH is 8. The van der Waals surface area contributed by atoms with Crippen LogP contribution in [0.5, 0.6) is 0 Å². The lowest BCUT2D eigenvalue weighted by molar-refractivity contribution is -0.359. The van der Waals surface area contributed by atoms with Crippen molar-refractivity contribution < 1.29 is 64.6 Å². The van der Waals surface area contributed by atoms with Gasteiger partial charge >= 0.3 is 0 Å². The zero-order valence-electron chi connectivity index (χ0n) is 35.5. The molecular formula is C45H77NO13. The molecule has 2 saturated heterocycles. The first kappa shape index (κ1) is 52.8. The third-order valence-electron chi connectivity index (χ3n) is 10.5. The topological polar surface area (TPSA) is 228 Å². The molecule has 12 atom stereocenters. The van der Waals surface area contributed by atoms with Crippen LogP contribution in [0.25, 0.3) is 0 Å². The average molecular weight is 840 g/mol. The number of hydrogen-bond acceptors (Lipinski definition) is 13. The van der Waals surface area contributed by atoms with Crippen LogP contribution < -0.4 is 5.32 Å². The van der Waals surface area contributed by atoms with Crippen molar-refractivity contribution in [2.75, 3.05) is 19.8 Å². The molecule has 0 aromatic rings. The van der Waals surface area contributed by atoms with Gasteiger partial charge in [0, 0.05) is 6.42 Å². The van der Waals surface area contributed by atoms with Crippen LogP contribution >= 0.6 is 0 Å². The highest BCUT2D eigenvalue weighted by atomic mass is 16.7. The van der Waals surface area contributed by atoms with Gasteiger partial charge in [-0.2, -0.15) is 0 Å². The number of rotatable bonds is 31. The molecule has 1 amide bonds. The molecule has 0 saturated carbocycles. The molecule has 2 fully saturated rings. The standard InChI is InChI=1S/C45H77NO13/c1-3-5-7-9-11-12-13-14-15-16-17-18-19-20-21-22-23-25-27-29-37(50)46-33(34(49)28-26-24-10-8-6-4-2)32-56-44-42(55)40(53)43(36(31-48)58-44)59-45-41(54)39(52)38(51)35(30-47)57-45/h5,7,11-12,14-15,17-18,26,28,33-36,38-45,47-49,51-55H,3-4,6,8-10,13,16,19-25,27,29-32H2,1-2H3,(H,46,50)/b7-5-,12-11-,15-14-,18-17-,28-26+. The van der Waals surface area contributed by atoms with Crippen molar-refractivity contribution in [2.45, 2.75) is 197 Å². The van der Waals surface area contributed by atoms with Gasteiger partial charge in [-0.1, -0.05) is 120 Å². The van der Waals surface area contributed by atoms with E-state index in [9.17, 15) is 45.6 Å². The fourth-order valence-electron chi connectivity index (χ4n) is 6.81. The molecule has 2 heterocycles. The van der Waals surface area contributed by atoms with E-state index in [-0.39, 0.29) is 18.9 Å². The third kappa shape index (κ3) is 20.9. The Morgan fingerprint density at radius 3 is 1.80 bits per heavy atom. The molecule has 12 unspecified atom stereocenters. The molecule has 2 rings (SSSR count). The van der Waals surface area contributed by atoms with E-state index in [0.29, 0.717) is 6.42 Å². The van der Waals surface area contributed by atoms with Crippen LogP contribution in [0.3, 0.4) is 0 Å². The Balaban J connectivity index is 1.82. The molecule has 9 N–H and O–H groups in total. The molecule has 340 valence electrons. The van der Waals surface area contributed by atoms with E-state index in [1.54, 1.807) is 6.08 Å². The number of nitrogens with one attached hydrogen (secondary N) is 1. The van der Waals surface area contributed by atoms with Gasteiger partial charge in [-0.15, -0.1) is 0 Å². The summed E-state index contributed by atoms with van der Waals surface area (Å²) in [5.41, 5.74) is 0. The van der Waals surface area contributed by atoms with E-state index in [4.69, 9.17) is 18.9 Å². The third-order valence-corrected chi connectivity index (χ3v) is 10.5. The summed E-state index contributed by atoms with van der Waals surface area (Å²) in [5.74, 6) is -0.264. The van der Waals surface area contributed by atoms with Crippen LogP contribution in [-0.2, 0) is 23.7 Å². The zero-order chi connectivity index (χ0) is 43.3. The number of unbranched alkanes of at least 4 members (excludes halogenated alkanes) is 10. The van der Waals surface area contributed by atoms with Crippen LogP contribution in [0.2, 0.25) is 0 Å². The molecule has 0 aromatic carbocycles. The molecule has 0 aromatic heterocycles. The molecule has 14 heteroatoms. The van der Waals surface area contributed by atoms with E-state index in [1.165, 1.54) is 0 Å². The van der Waals surface area contributed by atoms with E-state index < -0.39 is 86.8 Å². The van der Waals surface area contributed by atoms with Crippen LogP contribution in [0.1, 0.15) is 123 Å². The fraction of sp³-hybridized carbons (Fsp3) is 0.756. The van der Waals surface area contributed by atoms with Gasteiger partial charge in [-0.25, -0.2) is 0 Å². The largest absolute Gasteiger partial charge is 0.394 e. The second-order valence-corrected chi connectivity index (χ2v) is 15.4. The van der Waals surface area contributed by atoms with Gasteiger partial charge in [0.05, 0.1) is 32.0 Å². The van der Waals surface area contributed by atoms with Gasteiger partial charge in [-0.05, 0) is 57.8 Å². The summed E-state index contributed by atoms with van der Waals surface area (Å²) in [4.78, 5) is 13.0. The maximum absolute atomic E-state index is 13.0. The fourth-order valence-corrected chi connectivity index (χ4v) is 6.81. The highest BCUT2D eigenvalue weighted by Crippen LogP contribution is 2.29. The van der Waals surface area contributed by atoms with Crippen molar-refractivity contribution in [1.82, 2.24) is 5.32 Å². The number of hydrogen-bond donors (Lipinski definition) is 9. The summed E-state index contributed by atoms with van der Waals surface area (Å²) in [6.07, 6.45) is 20.2. The lowest BCUT2D eigenvalue weighted by Crippen LogP contribution is -2.65. The second-order valence-electron chi connectivity index (χ2n) is 15.4. The van der Waals surface area contributed by atoms with Gasteiger partial charge in [0.1, 0.15) is 48.8 Å². The maximum Gasteiger partial charge on any atom is 0.220 e. The molecule has 14 nitrogen and oxygen atoms in total. The van der Waals surface area contributed by atoms with Crippen molar-refractivity contribution in [2.24, 2.45) is 0 Å². The molecule has 0 radical (unpaired) electrons. The minimum atomic E-state index is -1.79. The van der Waals surface area contributed by atoms with Crippen LogP contribution in [0, 0.1) is 0 Å². The van der Waals surface area contributed by atoms with E-state index >= 15 is 0 Å². The summed E-state index contributed by atoms with van der Waals surface area (Å²) in [5, 5.41) is 86.0. The lowest BCUT2D eigenvalue weighted by Gasteiger charge is -2.46. The van der Waals surface area contributed by atoms with Gasteiger partial charge in [0.15, 0.2) is 12.6 Å². The average Bonchev–Trinajstić information content (AvgIpc) is 3.23. The zero-order valence-corrected chi connectivity index (χ0v) is 35.5. The maximum atomic E-state index is 13.0. The normalized spacial score (nSPS) is 29.1. The number of amides is 1. The Morgan fingerprint density at radius 2 is 1.17 bits per heavy atom. The number of ether oxygens (including phenoxy) is 4. The van der Waals surface area contributed by atoms with Crippen molar-refractivity contribution in [3.63, 3.8) is 0 Å². The van der Waals surface area contributed by atoms with Crippen LogP contribution in [0.15, 0.2) is 60.8 Å². The summed E-state index contributed by atoms with van der Waals surface area (Å²) in [6.45, 7) is 2.53. The van der Waals surface area contributed by atoms with Crippen molar-refractivity contribution in [1.29, 1.82) is 0 Å². The first-order chi connectivity index (χ1) is 28.6. The highest BCUT2D eigenvalue weighted by Gasteiger charge is 2.50. The number of carbonyl (C=O) groups excluding carboxylic acids is 1. The molecule has 2 aliphatic rings. The Hall–Kier alpha value is -2.31. The summed E-state index contributed by atoms with van der Waals surface area (Å²) < 4.78 is 22.5. The smallest absolute Gasteiger partial charge is 0.220 e. The number of aliphatic hydroxyl groups is 8. The Bertz CT molecular complexity index is 1220.